The quantitative estimate of drug-likeness (QED) is 0.579. The van der Waals surface area contributed by atoms with Crippen LogP contribution in [0.15, 0.2) is 0 Å². The average molecular weight is 261 g/mol. The molecule has 0 radical (unpaired) electrons. The molecule has 0 saturated carbocycles. The normalized spacial score (nSPS) is 13.8. The topological polar surface area (TPSA) is 92.7 Å². The van der Waals surface area contributed by atoms with Crippen molar-refractivity contribution in [3.05, 3.63) is 0 Å². The van der Waals surface area contributed by atoms with E-state index in [9.17, 15) is 22.0 Å². The second-order valence-electron chi connectivity index (χ2n) is 2.81. The number of rotatable bonds is 7. The van der Waals surface area contributed by atoms with Gasteiger partial charge in [0.25, 0.3) is 6.43 Å². The van der Waals surface area contributed by atoms with Crippen molar-refractivity contribution in [1.29, 1.82) is 0 Å². The summed E-state index contributed by atoms with van der Waals surface area (Å²) in [6, 6.07) is 0. The fourth-order valence-electron chi connectivity index (χ4n) is 0.710. The third kappa shape index (κ3) is 6.64. The molecule has 0 aromatic carbocycles. The maximum absolute atomic E-state index is 11.8. The first-order chi connectivity index (χ1) is 7.28. The van der Waals surface area contributed by atoms with Crippen LogP contribution in [0.25, 0.3) is 0 Å². The standard InChI is InChI=1S/C7H13F2NO5S/c1-2-15-6(12)4-16(13,14)10-3-5(11)7(8)9/h5,7,10-11H,2-4H2,1H3. The van der Waals surface area contributed by atoms with Crippen LogP contribution in [0.4, 0.5) is 8.78 Å². The van der Waals surface area contributed by atoms with Gasteiger partial charge in [-0.15, -0.1) is 0 Å². The molecule has 0 saturated heterocycles. The number of sulfonamides is 1. The molecule has 0 heterocycles. The van der Waals surface area contributed by atoms with E-state index in [4.69, 9.17) is 5.11 Å². The van der Waals surface area contributed by atoms with Gasteiger partial charge in [0.15, 0.2) is 5.75 Å². The monoisotopic (exact) mass is 261 g/mol. The van der Waals surface area contributed by atoms with Crippen LogP contribution in [0.5, 0.6) is 0 Å². The number of carbonyl (C=O) groups is 1. The molecule has 16 heavy (non-hydrogen) atoms. The van der Waals surface area contributed by atoms with Gasteiger partial charge in [-0.2, -0.15) is 0 Å². The lowest BCUT2D eigenvalue weighted by Gasteiger charge is -2.10. The van der Waals surface area contributed by atoms with Gasteiger partial charge in [0.1, 0.15) is 6.10 Å². The van der Waals surface area contributed by atoms with Gasteiger partial charge in [0.2, 0.25) is 10.0 Å². The molecule has 0 amide bonds. The molecule has 1 unspecified atom stereocenters. The van der Waals surface area contributed by atoms with E-state index in [-0.39, 0.29) is 6.61 Å². The highest BCUT2D eigenvalue weighted by molar-refractivity contribution is 7.90. The summed E-state index contributed by atoms with van der Waals surface area (Å²) < 4.78 is 51.8. The predicted molar refractivity (Wildman–Crippen MR) is 50.4 cm³/mol. The number of nitrogens with one attached hydrogen (secondary N) is 1. The van der Waals surface area contributed by atoms with E-state index < -0.39 is 40.8 Å². The summed E-state index contributed by atoms with van der Waals surface area (Å²) in [5, 5.41) is 8.63. The van der Waals surface area contributed by atoms with Crippen LogP contribution in [0, 0.1) is 0 Å². The SMILES string of the molecule is CCOC(=O)CS(=O)(=O)NCC(O)C(F)F. The molecule has 0 fully saturated rings. The van der Waals surface area contributed by atoms with E-state index >= 15 is 0 Å². The van der Waals surface area contributed by atoms with Crippen molar-refractivity contribution in [2.45, 2.75) is 19.5 Å². The Labute approximate surface area is 91.6 Å². The zero-order chi connectivity index (χ0) is 12.8. The van der Waals surface area contributed by atoms with Crippen LogP contribution in [-0.4, -0.2) is 50.9 Å². The van der Waals surface area contributed by atoms with E-state index in [2.05, 4.69) is 4.74 Å². The number of alkyl halides is 2. The summed E-state index contributed by atoms with van der Waals surface area (Å²) in [6.45, 7) is 0.673. The van der Waals surface area contributed by atoms with E-state index in [1.165, 1.54) is 6.92 Å². The van der Waals surface area contributed by atoms with Gasteiger partial charge >= 0.3 is 5.97 Å². The highest BCUT2D eigenvalue weighted by Crippen LogP contribution is 1.99. The van der Waals surface area contributed by atoms with E-state index in [0.29, 0.717) is 0 Å². The minimum atomic E-state index is -4.05. The maximum Gasteiger partial charge on any atom is 0.322 e. The van der Waals surface area contributed by atoms with E-state index in [1.54, 1.807) is 4.72 Å². The molecule has 0 spiro atoms. The minimum absolute atomic E-state index is 0.0218. The molecule has 6 nitrogen and oxygen atoms in total. The molecule has 0 bridgehead atoms. The number of carbonyl (C=O) groups excluding carboxylic acids is 1. The van der Waals surface area contributed by atoms with Crippen LogP contribution in [0.3, 0.4) is 0 Å². The first-order valence-electron chi connectivity index (χ1n) is 4.37. The van der Waals surface area contributed by atoms with E-state index in [0.717, 1.165) is 0 Å². The van der Waals surface area contributed by atoms with Crippen LogP contribution in [-0.2, 0) is 19.6 Å². The lowest BCUT2D eigenvalue weighted by atomic mass is 10.4. The Balaban J connectivity index is 4.11. The largest absolute Gasteiger partial charge is 0.465 e. The molecule has 0 aliphatic heterocycles. The first kappa shape index (κ1) is 15.2. The van der Waals surface area contributed by atoms with Crippen molar-refractivity contribution < 1.29 is 31.8 Å². The second kappa shape index (κ2) is 6.71. The van der Waals surface area contributed by atoms with Gasteiger partial charge < -0.3 is 9.84 Å². The summed E-state index contributed by atoms with van der Waals surface area (Å²) in [5.41, 5.74) is 0. The Morgan fingerprint density at radius 2 is 2.06 bits per heavy atom. The minimum Gasteiger partial charge on any atom is -0.465 e. The van der Waals surface area contributed by atoms with Gasteiger partial charge in [0, 0.05) is 6.54 Å². The number of aliphatic hydroxyl groups excluding tert-OH is 1. The Bertz CT molecular complexity index is 319. The zero-order valence-corrected chi connectivity index (χ0v) is 9.34. The number of hydrogen-bond donors (Lipinski definition) is 2. The highest BCUT2D eigenvalue weighted by Gasteiger charge is 2.22. The Morgan fingerprint density at radius 1 is 1.50 bits per heavy atom. The van der Waals surface area contributed by atoms with Crippen molar-refractivity contribution in [3.8, 4) is 0 Å². The lowest BCUT2D eigenvalue weighted by molar-refractivity contribution is -0.139. The molecular formula is C7H13F2NO5S. The van der Waals surface area contributed by atoms with Crippen molar-refractivity contribution in [3.63, 3.8) is 0 Å². The molecule has 0 aliphatic carbocycles. The Morgan fingerprint density at radius 3 is 2.50 bits per heavy atom. The molecule has 0 aliphatic rings. The van der Waals surface area contributed by atoms with Crippen molar-refractivity contribution in [2.75, 3.05) is 18.9 Å². The maximum atomic E-state index is 11.8. The van der Waals surface area contributed by atoms with Crippen LogP contribution < -0.4 is 4.72 Å². The molecule has 0 rings (SSSR count). The highest BCUT2D eigenvalue weighted by atomic mass is 32.2. The third-order valence-electron chi connectivity index (χ3n) is 1.42. The number of halogens is 2. The fraction of sp³-hybridized carbons (Fsp3) is 0.857. The Hall–Kier alpha value is -0.800. The number of esters is 1. The van der Waals surface area contributed by atoms with Gasteiger partial charge in [-0.3, -0.25) is 4.79 Å². The van der Waals surface area contributed by atoms with Gasteiger partial charge in [-0.25, -0.2) is 21.9 Å². The summed E-state index contributed by atoms with van der Waals surface area (Å²) in [4.78, 5) is 10.8. The summed E-state index contributed by atoms with van der Waals surface area (Å²) in [5.74, 6) is -1.95. The summed E-state index contributed by atoms with van der Waals surface area (Å²) in [6.07, 6.45) is -5.15. The van der Waals surface area contributed by atoms with Crippen LogP contribution in [0.2, 0.25) is 0 Å². The molecule has 9 heteroatoms. The molecule has 2 N–H and O–H groups in total. The molecule has 1 atom stereocenters. The average Bonchev–Trinajstić information content (AvgIpc) is 2.13. The van der Waals surface area contributed by atoms with Crippen LogP contribution >= 0.6 is 0 Å². The molecule has 96 valence electrons. The lowest BCUT2D eigenvalue weighted by Crippen LogP contribution is -2.38. The van der Waals surface area contributed by atoms with Crippen molar-refractivity contribution in [1.82, 2.24) is 4.72 Å². The molecule has 0 aromatic heterocycles. The zero-order valence-electron chi connectivity index (χ0n) is 8.52. The number of ether oxygens (including phenoxy) is 1. The van der Waals surface area contributed by atoms with Crippen molar-refractivity contribution in [2.24, 2.45) is 0 Å². The van der Waals surface area contributed by atoms with Gasteiger partial charge in [-0.1, -0.05) is 0 Å². The molecule has 0 aromatic rings. The fourth-order valence-corrected chi connectivity index (χ4v) is 1.63. The van der Waals surface area contributed by atoms with Gasteiger partial charge in [-0.05, 0) is 6.92 Å². The smallest absolute Gasteiger partial charge is 0.322 e. The van der Waals surface area contributed by atoms with Gasteiger partial charge in [0.05, 0.1) is 6.61 Å². The number of hydrogen-bond acceptors (Lipinski definition) is 5. The second-order valence-corrected chi connectivity index (χ2v) is 4.62. The van der Waals surface area contributed by atoms with Crippen molar-refractivity contribution >= 4 is 16.0 Å². The summed E-state index contributed by atoms with van der Waals surface area (Å²) >= 11 is 0. The number of aliphatic hydroxyl groups is 1. The Kier molecular flexibility index (Phi) is 6.38. The predicted octanol–water partition coefficient (Wildman–Crippen LogP) is -0.905. The summed E-state index contributed by atoms with van der Waals surface area (Å²) in [7, 11) is -4.05. The van der Waals surface area contributed by atoms with E-state index in [1.807, 2.05) is 0 Å². The third-order valence-corrected chi connectivity index (χ3v) is 2.64. The first-order valence-corrected chi connectivity index (χ1v) is 6.03. The molecular weight excluding hydrogens is 248 g/mol. The van der Waals surface area contributed by atoms with Crippen LogP contribution in [0.1, 0.15) is 6.92 Å².